The lowest BCUT2D eigenvalue weighted by atomic mass is 10.0. The number of aromatic nitrogens is 2. The molecule has 0 radical (unpaired) electrons. The molecule has 1 unspecified atom stereocenters. The highest BCUT2D eigenvalue weighted by Crippen LogP contribution is 2.39. The first-order valence-electron chi connectivity index (χ1n) is 13.2. The van der Waals surface area contributed by atoms with Crippen molar-refractivity contribution in [2.45, 2.75) is 67.3 Å². The van der Waals surface area contributed by atoms with Crippen molar-refractivity contribution in [2.75, 3.05) is 27.3 Å². The normalized spacial score (nSPS) is 19.2. The molecule has 8 nitrogen and oxygen atoms in total. The number of ether oxygens (including phenoxy) is 2. The van der Waals surface area contributed by atoms with E-state index < -0.39 is 16.0 Å². The van der Waals surface area contributed by atoms with Gasteiger partial charge in [-0.2, -0.15) is 4.31 Å². The van der Waals surface area contributed by atoms with Crippen LogP contribution in [0.2, 0.25) is 0 Å². The Morgan fingerprint density at radius 2 is 1.87 bits per heavy atom. The van der Waals surface area contributed by atoms with Crippen LogP contribution in [0.15, 0.2) is 46.5 Å². The molecule has 0 N–H and O–H groups in total. The second-order valence-corrected chi connectivity index (χ2v) is 13.2. The van der Waals surface area contributed by atoms with Crippen molar-refractivity contribution in [2.24, 2.45) is 5.92 Å². The number of methoxy groups -OCH3 is 2. The summed E-state index contributed by atoms with van der Waals surface area (Å²) in [7, 11) is -0.620. The molecule has 3 aromatic rings. The fourth-order valence-electron chi connectivity index (χ4n) is 5.60. The maximum Gasteiger partial charge on any atom is 0.337 e. The van der Waals surface area contributed by atoms with Crippen molar-refractivity contribution >= 4 is 38.8 Å². The van der Waals surface area contributed by atoms with E-state index in [0.29, 0.717) is 52.5 Å². The Kier molecular flexibility index (Phi) is 8.02. The fraction of sp³-hybridized carbons (Fsp3) is 0.500. The number of sulfonamides is 1. The number of esters is 1. The third-order valence-electron chi connectivity index (χ3n) is 7.64. The van der Waals surface area contributed by atoms with Crippen LogP contribution in [0.1, 0.15) is 67.4 Å². The van der Waals surface area contributed by atoms with E-state index in [1.807, 2.05) is 12.1 Å². The number of carbonyl (C=O) groups excluding carboxylic acids is 1. The lowest BCUT2D eigenvalue weighted by Crippen LogP contribution is -2.39. The summed E-state index contributed by atoms with van der Waals surface area (Å²) in [5, 5.41) is 0.868. The molecule has 2 aromatic carbocycles. The number of imidazole rings is 1. The monoisotopic (exact) mass is 557 g/mol. The van der Waals surface area contributed by atoms with Crippen molar-refractivity contribution in [3.05, 3.63) is 47.5 Å². The largest absolute Gasteiger partial charge is 0.496 e. The van der Waals surface area contributed by atoms with E-state index in [1.54, 1.807) is 47.4 Å². The lowest BCUT2D eigenvalue weighted by molar-refractivity contribution is 0.0600. The number of carbonyl (C=O) groups is 1. The zero-order valence-corrected chi connectivity index (χ0v) is 23.8. The minimum absolute atomic E-state index is 0.312. The van der Waals surface area contributed by atoms with Gasteiger partial charge in [0, 0.05) is 30.4 Å². The van der Waals surface area contributed by atoms with E-state index in [1.165, 1.54) is 20.0 Å². The number of piperidine rings is 1. The number of hydrogen-bond acceptors (Lipinski definition) is 7. The van der Waals surface area contributed by atoms with Gasteiger partial charge in [0.25, 0.3) is 0 Å². The molecule has 2 heterocycles. The van der Waals surface area contributed by atoms with Crippen LogP contribution in [-0.4, -0.2) is 55.6 Å². The highest BCUT2D eigenvalue weighted by molar-refractivity contribution is 7.98. The predicted molar refractivity (Wildman–Crippen MR) is 148 cm³/mol. The molecule has 1 saturated carbocycles. The molecule has 1 saturated heterocycles. The average Bonchev–Trinajstić information content (AvgIpc) is 3.58. The van der Waals surface area contributed by atoms with E-state index in [9.17, 15) is 13.2 Å². The first-order valence-corrected chi connectivity index (χ1v) is 15.6. The Morgan fingerprint density at radius 1 is 1.08 bits per heavy atom. The molecule has 5 rings (SSSR count). The molecule has 1 atom stereocenters. The first kappa shape index (κ1) is 27.0. The number of fused-ring (bicyclic) bond motifs is 1. The van der Waals surface area contributed by atoms with E-state index in [-0.39, 0.29) is 0 Å². The summed E-state index contributed by atoms with van der Waals surface area (Å²) < 4.78 is 41.2. The quantitative estimate of drug-likeness (QED) is 0.261. The highest BCUT2D eigenvalue weighted by Gasteiger charge is 2.30. The first-order chi connectivity index (χ1) is 18.3. The summed E-state index contributed by atoms with van der Waals surface area (Å²) >= 11 is 1.60. The van der Waals surface area contributed by atoms with Crippen molar-refractivity contribution in [3.8, 4) is 5.75 Å². The topological polar surface area (TPSA) is 90.7 Å². The van der Waals surface area contributed by atoms with Crippen molar-refractivity contribution in [3.63, 3.8) is 0 Å². The molecule has 0 spiro atoms. The summed E-state index contributed by atoms with van der Waals surface area (Å²) in [4.78, 5) is 17.2. The zero-order valence-electron chi connectivity index (χ0n) is 22.2. The Hall–Kier alpha value is -2.56. The third-order valence-corrected chi connectivity index (χ3v) is 10.5. The summed E-state index contributed by atoms with van der Waals surface area (Å²) in [5.74, 6) is 1.17. The molecule has 0 amide bonds. The maximum absolute atomic E-state index is 13.4. The number of nitrogens with zero attached hydrogens (tertiary/aromatic N) is 3. The summed E-state index contributed by atoms with van der Waals surface area (Å²) in [5.41, 5.74) is 3.06. The van der Waals surface area contributed by atoms with Crippen molar-refractivity contribution in [1.82, 2.24) is 13.9 Å². The Bertz CT molecular complexity index is 1430. The molecule has 1 aromatic heterocycles. The van der Waals surface area contributed by atoms with Gasteiger partial charge in [-0.05, 0) is 61.9 Å². The van der Waals surface area contributed by atoms with E-state index >= 15 is 0 Å². The van der Waals surface area contributed by atoms with Crippen LogP contribution < -0.4 is 4.74 Å². The van der Waals surface area contributed by atoms with Gasteiger partial charge >= 0.3 is 5.97 Å². The van der Waals surface area contributed by atoms with Crippen LogP contribution in [0, 0.1) is 5.92 Å². The van der Waals surface area contributed by atoms with Gasteiger partial charge in [0.05, 0.1) is 35.7 Å². The minimum Gasteiger partial charge on any atom is -0.496 e. The van der Waals surface area contributed by atoms with Gasteiger partial charge in [-0.1, -0.05) is 37.6 Å². The fourth-order valence-corrected chi connectivity index (χ4v) is 8.29. The van der Waals surface area contributed by atoms with Gasteiger partial charge < -0.3 is 14.0 Å². The molecule has 2 aliphatic rings. The van der Waals surface area contributed by atoms with Gasteiger partial charge in [-0.3, -0.25) is 0 Å². The number of hydrogen-bond donors (Lipinski definition) is 0. The van der Waals surface area contributed by atoms with Crippen LogP contribution >= 0.6 is 11.8 Å². The lowest BCUT2D eigenvalue weighted by Gasteiger charge is -2.30. The molecular formula is C28H35N3O5S2. The summed E-state index contributed by atoms with van der Waals surface area (Å²) in [6, 6.07) is 11.1. The van der Waals surface area contributed by atoms with Crippen LogP contribution in [0.4, 0.5) is 0 Å². The van der Waals surface area contributed by atoms with Crippen LogP contribution in [0.3, 0.4) is 0 Å². The minimum atomic E-state index is -3.56. The molecule has 1 aliphatic heterocycles. The molecular weight excluding hydrogens is 522 g/mol. The van der Waals surface area contributed by atoms with Gasteiger partial charge in [0.1, 0.15) is 5.75 Å². The maximum atomic E-state index is 13.4. The van der Waals surface area contributed by atoms with Crippen LogP contribution in [-0.2, 0) is 20.5 Å². The van der Waals surface area contributed by atoms with Crippen LogP contribution in [0.5, 0.6) is 5.75 Å². The van der Waals surface area contributed by atoms with E-state index in [0.717, 1.165) is 41.9 Å². The Morgan fingerprint density at radius 3 is 2.58 bits per heavy atom. The zero-order chi connectivity index (χ0) is 26.9. The second-order valence-electron chi connectivity index (χ2n) is 10.3. The van der Waals surface area contributed by atoms with Crippen molar-refractivity contribution < 1.29 is 22.7 Å². The average molecular weight is 558 g/mol. The van der Waals surface area contributed by atoms with Crippen molar-refractivity contribution in [1.29, 1.82) is 0 Å². The molecule has 10 heteroatoms. The Labute approximate surface area is 228 Å². The molecule has 38 heavy (non-hydrogen) atoms. The summed E-state index contributed by atoms with van der Waals surface area (Å²) in [6.07, 6.45) is 6.48. The van der Waals surface area contributed by atoms with E-state index in [4.69, 9.17) is 14.5 Å². The van der Waals surface area contributed by atoms with E-state index in [2.05, 4.69) is 11.5 Å². The molecule has 0 bridgehead atoms. The van der Waals surface area contributed by atoms with Gasteiger partial charge in [-0.15, -0.1) is 0 Å². The smallest absolute Gasteiger partial charge is 0.337 e. The predicted octanol–water partition coefficient (Wildman–Crippen LogP) is 5.66. The number of rotatable bonds is 8. The van der Waals surface area contributed by atoms with Gasteiger partial charge in [0.15, 0.2) is 5.16 Å². The molecule has 1 aliphatic carbocycles. The van der Waals surface area contributed by atoms with Crippen LogP contribution in [0.25, 0.3) is 11.0 Å². The number of thioether (sulfide) groups is 1. The second kappa shape index (κ2) is 11.3. The SMILES string of the molecule is COC(=O)c1ccc(CSc2nc3cc(S(=O)(=O)N4CCCC(C)C4)ccc3n2C2CCCC2)c(OC)c1. The third kappa shape index (κ3) is 5.31. The molecule has 2 fully saturated rings. The van der Waals surface area contributed by atoms with Gasteiger partial charge in [-0.25, -0.2) is 18.2 Å². The summed E-state index contributed by atoms with van der Waals surface area (Å²) in [6.45, 7) is 3.24. The standard InChI is InChI=1S/C28H35N3O5S2/c1-19-7-6-14-30(17-19)38(33,34)23-12-13-25-24(16-23)29-28(31(25)22-8-4-5-9-22)37-18-21-11-10-20(27(32)36-3)15-26(21)35-2/h10-13,15-16,19,22H,4-9,14,17-18H2,1-3H3. The highest BCUT2D eigenvalue weighted by atomic mass is 32.2. The number of benzene rings is 2. The van der Waals surface area contributed by atoms with Gasteiger partial charge in [0.2, 0.25) is 10.0 Å². The Balaban J connectivity index is 1.47. The molecule has 204 valence electrons.